The third kappa shape index (κ3) is 4.12. The summed E-state index contributed by atoms with van der Waals surface area (Å²) in [6.07, 6.45) is 1.87. The minimum absolute atomic E-state index is 0.384. The molecule has 0 amide bonds. The van der Waals surface area contributed by atoms with E-state index in [9.17, 15) is 0 Å². The maximum Gasteiger partial charge on any atom is 0.496 e. The molecule has 162 valence electrons. The molecule has 3 heterocycles. The molecular formula is C24H30BN3O3. The summed E-state index contributed by atoms with van der Waals surface area (Å²) in [5, 5.41) is 0.969. The van der Waals surface area contributed by atoms with E-state index in [1.165, 1.54) is 5.56 Å². The fourth-order valence-electron chi connectivity index (χ4n) is 3.67. The highest BCUT2D eigenvalue weighted by atomic mass is 16.7. The van der Waals surface area contributed by atoms with Crippen LogP contribution in [0.1, 0.15) is 39.0 Å². The number of benzene rings is 1. The molecule has 0 radical (unpaired) electrons. The van der Waals surface area contributed by atoms with E-state index in [4.69, 9.17) is 19.0 Å². The molecule has 2 aromatic heterocycles. The number of aryl methyl sites for hydroxylation is 1. The lowest BCUT2D eigenvalue weighted by Crippen LogP contribution is -2.41. The molecular weight excluding hydrogens is 389 g/mol. The molecule has 0 aliphatic carbocycles. The van der Waals surface area contributed by atoms with Gasteiger partial charge in [0.2, 0.25) is 0 Å². The molecule has 1 fully saturated rings. The molecule has 0 atom stereocenters. The summed E-state index contributed by atoms with van der Waals surface area (Å²) >= 11 is 0. The molecule has 0 N–H and O–H groups in total. The van der Waals surface area contributed by atoms with Gasteiger partial charge in [-0.2, -0.15) is 0 Å². The second-order valence-electron chi connectivity index (χ2n) is 9.19. The largest absolute Gasteiger partial charge is 0.497 e. The highest BCUT2D eigenvalue weighted by molar-refractivity contribution is 6.62. The molecule has 31 heavy (non-hydrogen) atoms. The van der Waals surface area contributed by atoms with Crippen LogP contribution in [0.4, 0.5) is 5.82 Å². The van der Waals surface area contributed by atoms with Crippen LogP contribution in [0.2, 0.25) is 0 Å². The summed E-state index contributed by atoms with van der Waals surface area (Å²) in [6.45, 7) is 11.0. The first-order valence-corrected chi connectivity index (χ1v) is 10.6. The zero-order valence-corrected chi connectivity index (χ0v) is 19.4. The number of pyridine rings is 2. The molecule has 7 heteroatoms. The third-order valence-corrected chi connectivity index (χ3v) is 6.39. The quantitative estimate of drug-likeness (QED) is 0.585. The van der Waals surface area contributed by atoms with E-state index in [1.807, 2.05) is 38.4 Å². The second kappa shape index (κ2) is 7.81. The minimum Gasteiger partial charge on any atom is -0.497 e. The number of nitrogens with zero attached hydrogens (tertiary/aromatic N) is 3. The Balaban J connectivity index is 1.58. The molecule has 1 aliphatic heterocycles. The van der Waals surface area contributed by atoms with Crippen molar-refractivity contribution in [3.8, 4) is 5.75 Å². The van der Waals surface area contributed by atoms with Gasteiger partial charge in [-0.05, 0) is 58.4 Å². The van der Waals surface area contributed by atoms with Gasteiger partial charge in [-0.25, -0.2) is 4.98 Å². The van der Waals surface area contributed by atoms with Crippen molar-refractivity contribution in [1.82, 2.24) is 9.97 Å². The first kappa shape index (κ1) is 21.6. The van der Waals surface area contributed by atoms with Gasteiger partial charge < -0.3 is 18.9 Å². The lowest BCUT2D eigenvalue weighted by atomic mass is 9.77. The van der Waals surface area contributed by atoms with Crippen molar-refractivity contribution < 1.29 is 14.0 Å². The van der Waals surface area contributed by atoms with Gasteiger partial charge >= 0.3 is 7.12 Å². The van der Waals surface area contributed by atoms with E-state index < -0.39 is 7.12 Å². The van der Waals surface area contributed by atoms with Crippen LogP contribution in [-0.4, -0.2) is 42.4 Å². The predicted octanol–water partition coefficient (Wildman–Crippen LogP) is 3.88. The fraction of sp³-hybridized carbons (Fsp3) is 0.417. The number of hydrogen-bond acceptors (Lipinski definition) is 6. The Bertz CT molecular complexity index is 1080. The van der Waals surface area contributed by atoms with E-state index in [1.54, 1.807) is 7.11 Å². The number of ether oxygens (including phenoxy) is 1. The maximum absolute atomic E-state index is 6.22. The highest BCUT2D eigenvalue weighted by Gasteiger charge is 2.52. The van der Waals surface area contributed by atoms with Crippen molar-refractivity contribution in [3.05, 3.63) is 53.9 Å². The Morgan fingerprint density at radius 1 is 1.03 bits per heavy atom. The molecule has 4 rings (SSSR count). The van der Waals surface area contributed by atoms with E-state index in [0.717, 1.165) is 40.2 Å². The lowest BCUT2D eigenvalue weighted by molar-refractivity contribution is 0.00578. The van der Waals surface area contributed by atoms with E-state index >= 15 is 0 Å². The normalized spacial score (nSPS) is 17.2. The van der Waals surface area contributed by atoms with Crippen molar-refractivity contribution in [2.24, 2.45) is 0 Å². The molecule has 0 saturated carbocycles. The van der Waals surface area contributed by atoms with Gasteiger partial charge in [-0.1, -0.05) is 12.1 Å². The number of fused-ring (bicyclic) bond motifs is 1. The smallest absolute Gasteiger partial charge is 0.496 e. The van der Waals surface area contributed by atoms with E-state index in [0.29, 0.717) is 0 Å². The number of methoxy groups -OCH3 is 1. The number of rotatable bonds is 5. The van der Waals surface area contributed by atoms with Gasteiger partial charge in [0.1, 0.15) is 11.6 Å². The molecule has 1 aliphatic rings. The van der Waals surface area contributed by atoms with Crippen LogP contribution in [0, 0.1) is 6.92 Å². The summed E-state index contributed by atoms with van der Waals surface area (Å²) < 4.78 is 17.7. The summed E-state index contributed by atoms with van der Waals surface area (Å²) in [5.41, 5.74) is 3.18. The average Bonchev–Trinajstić information content (AvgIpc) is 2.94. The topological polar surface area (TPSA) is 56.7 Å². The van der Waals surface area contributed by atoms with Gasteiger partial charge in [0.05, 0.1) is 23.8 Å². The molecule has 6 nitrogen and oxygen atoms in total. The Kier molecular flexibility index (Phi) is 5.44. The Morgan fingerprint density at radius 2 is 1.68 bits per heavy atom. The predicted molar refractivity (Wildman–Crippen MR) is 125 cm³/mol. The lowest BCUT2D eigenvalue weighted by Gasteiger charge is -2.32. The summed E-state index contributed by atoms with van der Waals surface area (Å²) in [6, 6.07) is 12.2. The van der Waals surface area contributed by atoms with Gasteiger partial charge in [0, 0.05) is 42.4 Å². The SMILES string of the molecule is COc1ccc(CN(C)c2cc3nc(C)c(B4OC(C)(C)C(C)(C)O4)cc3cn2)cc1. The number of aromatic nitrogens is 2. The van der Waals surface area contributed by atoms with Crippen molar-refractivity contribution >= 4 is 29.3 Å². The second-order valence-corrected chi connectivity index (χ2v) is 9.19. The average molecular weight is 419 g/mol. The van der Waals surface area contributed by atoms with Crippen molar-refractivity contribution in [3.63, 3.8) is 0 Å². The molecule has 0 unspecified atom stereocenters. The van der Waals surface area contributed by atoms with Crippen molar-refractivity contribution in [2.45, 2.75) is 52.4 Å². The summed E-state index contributed by atoms with van der Waals surface area (Å²) in [7, 11) is 3.27. The van der Waals surface area contributed by atoms with Crippen LogP contribution in [-0.2, 0) is 15.9 Å². The van der Waals surface area contributed by atoms with Gasteiger partial charge in [-0.15, -0.1) is 0 Å². The van der Waals surface area contributed by atoms with Gasteiger partial charge in [0.25, 0.3) is 0 Å². The Hall–Kier alpha value is -2.64. The Labute approximate surface area is 184 Å². The third-order valence-electron chi connectivity index (χ3n) is 6.39. The molecule has 1 saturated heterocycles. The number of hydrogen-bond donors (Lipinski definition) is 0. The standard InChI is InChI=1S/C24H30BN3O3/c1-16-20(25-30-23(2,3)24(4,5)31-25)12-18-14-26-22(13-21(18)27-16)28(6)15-17-8-10-19(29-7)11-9-17/h8-14H,15H2,1-7H3. The van der Waals surface area contributed by atoms with E-state index in [-0.39, 0.29) is 11.2 Å². The minimum atomic E-state index is -0.431. The van der Waals surface area contributed by atoms with Crippen LogP contribution in [0.3, 0.4) is 0 Å². The van der Waals surface area contributed by atoms with Crippen LogP contribution in [0.5, 0.6) is 5.75 Å². The van der Waals surface area contributed by atoms with E-state index in [2.05, 4.69) is 55.8 Å². The zero-order valence-electron chi connectivity index (χ0n) is 19.4. The summed E-state index contributed by atoms with van der Waals surface area (Å²) in [5.74, 6) is 1.73. The monoisotopic (exact) mass is 419 g/mol. The number of anilines is 1. The summed E-state index contributed by atoms with van der Waals surface area (Å²) in [4.78, 5) is 11.6. The Morgan fingerprint density at radius 3 is 2.29 bits per heavy atom. The maximum atomic E-state index is 6.22. The molecule has 1 aromatic carbocycles. The molecule has 3 aromatic rings. The van der Waals surface area contributed by atoms with Crippen LogP contribution >= 0.6 is 0 Å². The fourth-order valence-corrected chi connectivity index (χ4v) is 3.67. The first-order chi connectivity index (χ1) is 14.6. The highest BCUT2D eigenvalue weighted by Crippen LogP contribution is 2.36. The molecule has 0 bridgehead atoms. The first-order valence-electron chi connectivity index (χ1n) is 10.6. The van der Waals surface area contributed by atoms with Crippen molar-refractivity contribution in [1.29, 1.82) is 0 Å². The zero-order chi connectivity index (χ0) is 22.4. The van der Waals surface area contributed by atoms with Gasteiger partial charge in [0.15, 0.2) is 0 Å². The van der Waals surface area contributed by atoms with Crippen LogP contribution in [0.15, 0.2) is 42.6 Å². The van der Waals surface area contributed by atoms with Crippen LogP contribution in [0.25, 0.3) is 10.9 Å². The van der Waals surface area contributed by atoms with Crippen molar-refractivity contribution in [2.75, 3.05) is 19.1 Å². The van der Waals surface area contributed by atoms with Crippen LogP contribution < -0.4 is 15.1 Å². The van der Waals surface area contributed by atoms with Gasteiger partial charge in [-0.3, -0.25) is 4.98 Å². The molecule has 0 spiro atoms.